The normalized spacial score (nSPS) is 20.8. The molecule has 0 aromatic carbocycles. The zero-order chi connectivity index (χ0) is 11.1. The van der Waals surface area contributed by atoms with Crippen molar-refractivity contribution in [3.63, 3.8) is 0 Å². The molecule has 0 aliphatic carbocycles. The smallest absolute Gasteiger partial charge is 0.156 e. The molecule has 0 bridgehead atoms. The maximum absolute atomic E-state index is 5.27. The van der Waals surface area contributed by atoms with E-state index >= 15 is 0 Å². The molecule has 0 saturated carbocycles. The number of amidine groups is 1. The summed E-state index contributed by atoms with van der Waals surface area (Å²) in [6.07, 6.45) is 1.06. The van der Waals surface area contributed by atoms with E-state index in [1.54, 1.807) is 0 Å². The molecule has 0 amide bonds. The number of ether oxygens (including phenoxy) is 1. The largest absolute Gasteiger partial charge is 0.382 e. The Balaban J connectivity index is 2.03. The molecule has 1 atom stereocenters. The summed E-state index contributed by atoms with van der Waals surface area (Å²) >= 11 is 1.88. The van der Waals surface area contributed by atoms with Crippen LogP contribution in [0.2, 0.25) is 0 Å². The van der Waals surface area contributed by atoms with Gasteiger partial charge in [0.2, 0.25) is 0 Å². The molecule has 1 aliphatic rings. The Labute approximate surface area is 97.1 Å². The summed E-state index contributed by atoms with van der Waals surface area (Å²) in [6.45, 7) is 10.1. The summed E-state index contributed by atoms with van der Waals surface area (Å²) in [5.41, 5.74) is 0. The molecule has 1 aliphatic heterocycles. The Bertz CT molecular complexity index is 207. The van der Waals surface area contributed by atoms with Crippen LogP contribution in [-0.2, 0) is 4.74 Å². The van der Waals surface area contributed by atoms with Crippen LogP contribution in [0.4, 0.5) is 0 Å². The number of aliphatic imine (C=N–C) groups is 1. The van der Waals surface area contributed by atoms with Crippen molar-refractivity contribution < 1.29 is 4.74 Å². The first-order valence-electron chi connectivity index (χ1n) is 5.76. The van der Waals surface area contributed by atoms with Crippen LogP contribution in [-0.4, -0.2) is 36.7 Å². The van der Waals surface area contributed by atoms with Crippen molar-refractivity contribution in [3.05, 3.63) is 0 Å². The van der Waals surface area contributed by atoms with Gasteiger partial charge < -0.3 is 10.1 Å². The minimum Gasteiger partial charge on any atom is -0.382 e. The van der Waals surface area contributed by atoms with Gasteiger partial charge in [-0.1, -0.05) is 25.6 Å². The first-order valence-corrected chi connectivity index (χ1v) is 6.64. The van der Waals surface area contributed by atoms with Gasteiger partial charge in [-0.15, -0.1) is 0 Å². The van der Waals surface area contributed by atoms with Gasteiger partial charge in [-0.3, -0.25) is 4.99 Å². The Morgan fingerprint density at radius 1 is 1.60 bits per heavy atom. The third kappa shape index (κ3) is 4.89. The number of thioether (sulfide) groups is 1. The van der Waals surface area contributed by atoms with Crippen LogP contribution in [0, 0.1) is 5.92 Å². The number of nitrogens with zero attached hydrogens (tertiary/aromatic N) is 1. The minimum atomic E-state index is 0.666. The quantitative estimate of drug-likeness (QED) is 0.710. The second kappa shape index (κ2) is 7.12. The van der Waals surface area contributed by atoms with Gasteiger partial charge in [0.1, 0.15) is 0 Å². The molecule has 3 nitrogen and oxygen atoms in total. The van der Waals surface area contributed by atoms with Gasteiger partial charge in [0.25, 0.3) is 0 Å². The molecule has 0 radical (unpaired) electrons. The van der Waals surface area contributed by atoms with Crippen molar-refractivity contribution in [1.82, 2.24) is 5.32 Å². The molecule has 0 aromatic rings. The molecule has 0 saturated heterocycles. The van der Waals surface area contributed by atoms with Crippen LogP contribution in [0.1, 0.15) is 27.2 Å². The van der Waals surface area contributed by atoms with Gasteiger partial charge in [0.05, 0.1) is 6.54 Å². The number of nitrogens with one attached hydrogen (secondary N) is 1. The summed E-state index contributed by atoms with van der Waals surface area (Å²) in [7, 11) is 0. The SMILES string of the molecule is CCOCCCNC1=NCC(C(C)C)S1. The summed E-state index contributed by atoms with van der Waals surface area (Å²) in [4.78, 5) is 4.48. The molecule has 1 N–H and O–H groups in total. The van der Waals surface area contributed by atoms with Crippen molar-refractivity contribution >= 4 is 16.9 Å². The molecule has 1 heterocycles. The molecular weight excluding hydrogens is 208 g/mol. The maximum Gasteiger partial charge on any atom is 0.156 e. The Kier molecular flexibility index (Phi) is 6.10. The predicted molar refractivity (Wildman–Crippen MR) is 67.6 cm³/mol. The van der Waals surface area contributed by atoms with Gasteiger partial charge >= 0.3 is 0 Å². The fourth-order valence-electron chi connectivity index (χ4n) is 1.35. The van der Waals surface area contributed by atoms with Gasteiger partial charge in [-0.05, 0) is 19.3 Å². The van der Waals surface area contributed by atoms with E-state index in [4.69, 9.17) is 4.74 Å². The maximum atomic E-state index is 5.27. The predicted octanol–water partition coefficient (Wildman–Crippen LogP) is 2.13. The summed E-state index contributed by atoms with van der Waals surface area (Å²) < 4.78 is 5.27. The lowest BCUT2D eigenvalue weighted by atomic mass is 10.1. The molecule has 1 unspecified atom stereocenters. The highest BCUT2D eigenvalue weighted by molar-refractivity contribution is 8.14. The van der Waals surface area contributed by atoms with Crippen LogP contribution < -0.4 is 5.32 Å². The Morgan fingerprint density at radius 2 is 2.40 bits per heavy atom. The first-order chi connectivity index (χ1) is 7.24. The van der Waals surface area contributed by atoms with Crippen LogP contribution in [0.3, 0.4) is 0 Å². The van der Waals surface area contributed by atoms with E-state index in [1.165, 1.54) is 0 Å². The van der Waals surface area contributed by atoms with E-state index in [9.17, 15) is 0 Å². The van der Waals surface area contributed by atoms with Gasteiger partial charge in [-0.25, -0.2) is 0 Å². The molecule has 88 valence electrons. The molecule has 4 heteroatoms. The highest BCUT2D eigenvalue weighted by atomic mass is 32.2. The van der Waals surface area contributed by atoms with Gasteiger partial charge in [0, 0.05) is 25.0 Å². The van der Waals surface area contributed by atoms with E-state index < -0.39 is 0 Å². The molecule has 0 spiro atoms. The standard InChI is InChI=1S/C11H22N2OS/c1-4-14-7-5-6-12-11-13-8-10(15-11)9(2)3/h9-10H,4-8H2,1-3H3,(H,12,13). The van der Waals surface area contributed by atoms with Crippen molar-refractivity contribution in [2.75, 3.05) is 26.3 Å². The first kappa shape index (κ1) is 12.8. The average molecular weight is 230 g/mol. The van der Waals surface area contributed by atoms with Crippen molar-refractivity contribution in [1.29, 1.82) is 0 Å². The van der Waals surface area contributed by atoms with Crippen molar-refractivity contribution in [2.24, 2.45) is 10.9 Å². The fourth-order valence-corrected chi connectivity index (χ4v) is 2.39. The Hall–Kier alpha value is -0.220. The van der Waals surface area contributed by atoms with Crippen LogP contribution in [0.5, 0.6) is 0 Å². The molecule has 1 rings (SSSR count). The van der Waals surface area contributed by atoms with Crippen molar-refractivity contribution in [3.8, 4) is 0 Å². The molecular formula is C11H22N2OS. The van der Waals surface area contributed by atoms with E-state index in [1.807, 2.05) is 18.7 Å². The van der Waals surface area contributed by atoms with E-state index in [0.717, 1.165) is 37.9 Å². The summed E-state index contributed by atoms with van der Waals surface area (Å²) in [6, 6.07) is 0. The summed E-state index contributed by atoms with van der Waals surface area (Å²) in [5, 5.41) is 5.14. The highest BCUT2D eigenvalue weighted by Gasteiger charge is 2.21. The average Bonchev–Trinajstić information content (AvgIpc) is 2.66. The van der Waals surface area contributed by atoms with Crippen molar-refractivity contribution in [2.45, 2.75) is 32.4 Å². The monoisotopic (exact) mass is 230 g/mol. The van der Waals surface area contributed by atoms with Crippen LogP contribution in [0.25, 0.3) is 0 Å². The lowest BCUT2D eigenvalue weighted by Crippen LogP contribution is -2.22. The second-order valence-electron chi connectivity index (χ2n) is 4.02. The second-order valence-corrected chi connectivity index (χ2v) is 5.25. The lowest BCUT2D eigenvalue weighted by Gasteiger charge is -2.12. The van der Waals surface area contributed by atoms with E-state index in [-0.39, 0.29) is 0 Å². The number of rotatable bonds is 6. The highest BCUT2D eigenvalue weighted by Crippen LogP contribution is 2.25. The topological polar surface area (TPSA) is 33.6 Å². The summed E-state index contributed by atoms with van der Waals surface area (Å²) in [5.74, 6) is 0.710. The lowest BCUT2D eigenvalue weighted by molar-refractivity contribution is 0.146. The molecule has 15 heavy (non-hydrogen) atoms. The van der Waals surface area contributed by atoms with E-state index in [0.29, 0.717) is 11.2 Å². The fraction of sp³-hybridized carbons (Fsp3) is 0.909. The zero-order valence-corrected chi connectivity index (χ0v) is 10.8. The van der Waals surface area contributed by atoms with Gasteiger partial charge in [-0.2, -0.15) is 0 Å². The van der Waals surface area contributed by atoms with Gasteiger partial charge in [0.15, 0.2) is 5.17 Å². The zero-order valence-electron chi connectivity index (χ0n) is 9.95. The molecule has 0 fully saturated rings. The Morgan fingerprint density at radius 3 is 3.00 bits per heavy atom. The van der Waals surface area contributed by atoms with Crippen LogP contribution in [0.15, 0.2) is 4.99 Å². The third-order valence-corrected chi connectivity index (χ3v) is 3.86. The number of hydrogen-bond donors (Lipinski definition) is 1. The number of hydrogen-bond acceptors (Lipinski definition) is 4. The van der Waals surface area contributed by atoms with E-state index in [2.05, 4.69) is 24.2 Å². The minimum absolute atomic E-state index is 0.666. The van der Waals surface area contributed by atoms with Crippen LogP contribution >= 0.6 is 11.8 Å². The third-order valence-electron chi connectivity index (χ3n) is 2.37. The molecule has 0 aromatic heterocycles.